The van der Waals surface area contributed by atoms with Gasteiger partial charge in [0.1, 0.15) is 0 Å². The largest absolute Gasteiger partial charge is 0.377 e. The van der Waals surface area contributed by atoms with Crippen molar-refractivity contribution in [2.24, 2.45) is 4.99 Å². The van der Waals surface area contributed by atoms with Gasteiger partial charge in [0.25, 0.3) is 0 Å². The maximum atomic E-state index is 5.41. The van der Waals surface area contributed by atoms with Gasteiger partial charge in [0, 0.05) is 26.7 Å². The number of nitrogens with one attached hydrogen (secondary N) is 2. The van der Waals surface area contributed by atoms with Crippen LogP contribution >= 0.6 is 24.0 Å². The molecule has 0 aliphatic rings. The Kier molecular flexibility index (Phi) is 10.2. The second kappa shape index (κ2) is 11.9. The van der Waals surface area contributed by atoms with E-state index in [2.05, 4.69) is 71.1 Å². The zero-order valence-electron chi connectivity index (χ0n) is 15.2. The number of hydrogen-bond acceptors (Lipinski definition) is 2. The van der Waals surface area contributed by atoms with Gasteiger partial charge >= 0.3 is 0 Å². The molecule has 0 aromatic heterocycles. The van der Waals surface area contributed by atoms with Crippen LogP contribution in [0.1, 0.15) is 29.2 Å². The molecule has 0 heterocycles. The molecule has 0 saturated carbocycles. The SMILES string of the molecule is CCOCc1ccc(CNC(=NC)NCc2ccccc2C)cc1.I. The Morgan fingerprint density at radius 1 is 0.960 bits per heavy atom. The molecule has 2 aromatic carbocycles. The Labute approximate surface area is 168 Å². The molecule has 0 aliphatic heterocycles. The molecule has 0 unspecified atom stereocenters. The predicted octanol–water partition coefficient (Wildman–Crippen LogP) is 4.01. The molecule has 25 heavy (non-hydrogen) atoms. The Balaban J connectivity index is 0.00000312. The number of aliphatic imine (C=N–C) groups is 1. The maximum absolute atomic E-state index is 5.41. The lowest BCUT2D eigenvalue weighted by Crippen LogP contribution is -2.36. The van der Waals surface area contributed by atoms with E-state index in [9.17, 15) is 0 Å². The van der Waals surface area contributed by atoms with Gasteiger partial charge in [-0.25, -0.2) is 0 Å². The highest BCUT2D eigenvalue weighted by molar-refractivity contribution is 14.0. The number of benzene rings is 2. The van der Waals surface area contributed by atoms with E-state index in [0.717, 1.165) is 25.7 Å². The molecular weight excluding hydrogens is 425 g/mol. The van der Waals surface area contributed by atoms with E-state index in [1.165, 1.54) is 22.3 Å². The molecule has 2 rings (SSSR count). The molecule has 136 valence electrons. The summed E-state index contributed by atoms with van der Waals surface area (Å²) in [4.78, 5) is 4.28. The van der Waals surface area contributed by atoms with Crippen molar-refractivity contribution in [2.45, 2.75) is 33.5 Å². The minimum atomic E-state index is 0. The monoisotopic (exact) mass is 453 g/mol. The highest BCUT2D eigenvalue weighted by Crippen LogP contribution is 2.07. The van der Waals surface area contributed by atoms with Gasteiger partial charge in [0.15, 0.2) is 5.96 Å². The van der Waals surface area contributed by atoms with Gasteiger partial charge in [-0.2, -0.15) is 0 Å². The van der Waals surface area contributed by atoms with Gasteiger partial charge in [-0.05, 0) is 36.1 Å². The van der Waals surface area contributed by atoms with Crippen LogP contribution < -0.4 is 10.6 Å². The third kappa shape index (κ3) is 7.44. The molecule has 0 fully saturated rings. The number of rotatable bonds is 7. The standard InChI is InChI=1S/C20H27N3O.HI/c1-4-24-15-18-11-9-17(10-12-18)13-22-20(21-3)23-14-19-8-6-5-7-16(19)2;/h5-12H,4,13-15H2,1-3H3,(H2,21,22,23);1H. The Bertz CT molecular complexity index is 656. The third-order valence-electron chi connectivity index (χ3n) is 3.89. The van der Waals surface area contributed by atoms with Gasteiger partial charge in [0.2, 0.25) is 0 Å². The van der Waals surface area contributed by atoms with E-state index in [1.54, 1.807) is 7.05 Å². The van der Waals surface area contributed by atoms with Crippen LogP contribution in [-0.2, 0) is 24.4 Å². The summed E-state index contributed by atoms with van der Waals surface area (Å²) in [6, 6.07) is 16.8. The van der Waals surface area contributed by atoms with Gasteiger partial charge in [-0.3, -0.25) is 4.99 Å². The molecule has 2 aromatic rings. The summed E-state index contributed by atoms with van der Waals surface area (Å²) in [5, 5.41) is 6.70. The van der Waals surface area contributed by atoms with Crippen molar-refractivity contribution < 1.29 is 4.74 Å². The molecule has 0 aliphatic carbocycles. The number of ether oxygens (including phenoxy) is 1. The maximum Gasteiger partial charge on any atom is 0.191 e. The lowest BCUT2D eigenvalue weighted by atomic mass is 10.1. The minimum absolute atomic E-state index is 0. The van der Waals surface area contributed by atoms with Gasteiger partial charge < -0.3 is 15.4 Å². The van der Waals surface area contributed by atoms with Crippen LogP contribution in [-0.4, -0.2) is 19.6 Å². The van der Waals surface area contributed by atoms with E-state index >= 15 is 0 Å². The number of halogens is 1. The van der Waals surface area contributed by atoms with Gasteiger partial charge in [-0.15, -0.1) is 24.0 Å². The summed E-state index contributed by atoms with van der Waals surface area (Å²) in [6.45, 7) is 7.04. The lowest BCUT2D eigenvalue weighted by Gasteiger charge is -2.13. The molecule has 0 radical (unpaired) electrons. The Morgan fingerprint density at radius 2 is 1.60 bits per heavy atom. The zero-order chi connectivity index (χ0) is 17.2. The van der Waals surface area contributed by atoms with E-state index < -0.39 is 0 Å². The van der Waals surface area contributed by atoms with Gasteiger partial charge in [-0.1, -0.05) is 48.5 Å². The first kappa shape index (κ1) is 21.4. The number of guanidine groups is 1. The highest BCUT2D eigenvalue weighted by atomic mass is 127. The fourth-order valence-electron chi connectivity index (χ4n) is 2.37. The van der Waals surface area contributed by atoms with Crippen molar-refractivity contribution in [3.8, 4) is 0 Å². The molecule has 0 spiro atoms. The van der Waals surface area contributed by atoms with Crippen LogP contribution in [0.15, 0.2) is 53.5 Å². The van der Waals surface area contributed by atoms with Gasteiger partial charge in [0.05, 0.1) is 6.61 Å². The van der Waals surface area contributed by atoms with Crippen LogP contribution in [0, 0.1) is 6.92 Å². The van der Waals surface area contributed by atoms with E-state index in [1.807, 2.05) is 6.92 Å². The average Bonchev–Trinajstić information content (AvgIpc) is 2.62. The summed E-state index contributed by atoms with van der Waals surface area (Å²) in [5.41, 5.74) is 4.97. The topological polar surface area (TPSA) is 45.6 Å². The highest BCUT2D eigenvalue weighted by Gasteiger charge is 2.01. The summed E-state index contributed by atoms with van der Waals surface area (Å²) < 4.78 is 5.41. The van der Waals surface area contributed by atoms with Crippen molar-refractivity contribution in [2.75, 3.05) is 13.7 Å². The van der Waals surface area contributed by atoms with Crippen molar-refractivity contribution in [1.82, 2.24) is 10.6 Å². The van der Waals surface area contributed by atoms with Crippen molar-refractivity contribution in [1.29, 1.82) is 0 Å². The van der Waals surface area contributed by atoms with Crippen LogP contribution in [0.5, 0.6) is 0 Å². The first-order chi connectivity index (χ1) is 11.7. The molecule has 0 saturated heterocycles. The van der Waals surface area contributed by atoms with Crippen LogP contribution in [0.2, 0.25) is 0 Å². The number of aryl methyl sites for hydroxylation is 1. The molecular formula is C20H28IN3O. The number of hydrogen-bond donors (Lipinski definition) is 2. The number of nitrogens with zero attached hydrogens (tertiary/aromatic N) is 1. The summed E-state index contributed by atoms with van der Waals surface area (Å²) in [6.07, 6.45) is 0. The molecule has 4 nitrogen and oxygen atoms in total. The van der Waals surface area contributed by atoms with Crippen LogP contribution in [0.4, 0.5) is 0 Å². The molecule has 0 atom stereocenters. The Morgan fingerprint density at radius 3 is 2.24 bits per heavy atom. The summed E-state index contributed by atoms with van der Waals surface area (Å²) >= 11 is 0. The molecule has 0 amide bonds. The third-order valence-corrected chi connectivity index (χ3v) is 3.89. The second-order valence-electron chi connectivity index (χ2n) is 5.66. The average molecular weight is 453 g/mol. The second-order valence-corrected chi connectivity index (χ2v) is 5.66. The van der Waals surface area contributed by atoms with Crippen molar-refractivity contribution in [3.05, 3.63) is 70.8 Å². The quantitative estimate of drug-likeness (QED) is 0.378. The summed E-state index contributed by atoms with van der Waals surface area (Å²) in [5.74, 6) is 0.802. The van der Waals surface area contributed by atoms with E-state index in [0.29, 0.717) is 6.61 Å². The summed E-state index contributed by atoms with van der Waals surface area (Å²) in [7, 11) is 1.79. The van der Waals surface area contributed by atoms with Crippen molar-refractivity contribution >= 4 is 29.9 Å². The van der Waals surface area contributed by atoms with Crippen LogP contribution in [0.3, 0.4) is 0 Å². The molecule has 5 heteroatoms. The molecule has 0 bridgehead atoms. The fraction of sp³-hybridized carbons (Fsp3) is 0.350. The Hall–Kier alpha value is -1.60. The van der Waals surface area contributed by atoms with Crippen molar-refractivity contribution in [3.63, 3.8) is 0 Å². The molecule has 2 N–H and O–H groups in total. The zero-order valence-corrected chi connectivity index (χ0v) is 17.5. The first-order valence-corrected chi connectivity index (χ1v) is 8.37. The van der Waals surface area contributed by atoms with E-state index in [4.69, 9.17) is 4.74 Å². The predicted molar refractivity (Wildman–Crippen MR) is 115 cm³/mol. The smallest absolute Gasteiger partial charge is 0.191 e. The van der Waals surface area contributed by atoms with E-state index in [-0.39, 0.29) is 24.0 Å². The fourth-order valence-corrected chi connectivity index (χ4v) is 2.37. The van der Waals surface area contributed by atoms with Crippen LogP contribution in [0.25, 0.3) is 0 Å². The first-order valence-electron chi connectivity index (χ1n) is 8.37. The minimum Gasteiger partial charge on any atom is -0.377 e. The lowest BCUT2D eigenvalue weighted by molar-refractivity contribution is 0.134. The normalized spacial score (nSPS) is 10.9.